The second kappa shape index (κ2) is 10.5. The smallest absolute Gasteiger partial charge is 0.195 e. The van der Waals surface area contributed by atoms with Gasteiger partial charge in [-0.3, -0.25) is 0 Å². The molecule has 0 aromatic heterocycles. The van der Waals surface area contributed by atoms with E-state index in [1.807, 2.05) is 0 Å². The molecule has 5 aromatic carbocycles. The number of hydrogen-bond acceptors (Lipinski definition) is 4. The van der Waals surface area contributed by atoms with E-state index in [9.17, 15) is 0 Å². The van der Waals surface area contributed by atoms with Gasteiger partial charge in [0.15, 0.2) is 6.71 Å². The molecule has 0 radical (unpaired) electrons. The van der Waals surface area contributed by atoms with Crippen LogP contribution >= 0.6 is 11.8 Å². The van der Waals surface area contributed by atoms with Gasteiger partial charge in [0.1, 0.15) is 6.23 Å². The van der Waals surface area contributed by atoms with Crippen LogP contribution in [0, 0.1) is 13.8 Å². The SMILES string of the molecule is Cc1ccccc1C1CC2B3c4c(ccc5c4N(c4ccccc4C5(C)C)C2O1)N(c1ccccc1)C1SC(c2ccccc2C)CC31. The maximum Gasteiger partial charge on any atom is 0.195 e. The van der Waals surface area contributed by atoms with Crippen LogP contribution in [0.3, 0.4) is 0 Å². The third-order valence-corrected chi connectivity index (χ3v) is 14.0. The number of nitrogens with zero attached hydrogens (tertiary/aromatic N) is 2. The fourth-order valence-electron chi connectivity index (χ4n) is 10.2. The van der Waals surface area contributed by atoms with E-state index in [0.29, 0.717) is 29.0 Å². The van der Waals surface area contributed by atoms with Crippen LogP contribution in [0.15, 0.2) is 115 Å². The summed E-state index contributed by atoms with van der Waals surface area (Å²) in [6.45, 7) is 9.81. The highest BCUT2D eigenvalue weighted by molar-refractivity contribution is 8.00. The van der Waals surface area contributed by atoms with Crippen molar-refractivity contribution in [2.24, 2.45) is 0 Å². The summed E-state index contributed by atoms with van der Waals surface area (Å²) in [7, 11) is 0. The van der Waals surface area contributed by atoms with E-state index in [1.54, 1.807) is 5.46 Å². The largest absolute Gasteiger partial charge is 0.351 e. The average Bonchev–Trinajstić information content (AvgIpc) is 3.74. The number of fused-ring (bicyclic) bond motifs is 7. The van der Waals surface area contributed by atoms with Gasteiger partial charge in [0.05, 0.1) is 11.5 Å². The highest BCUT2D eigenvalue weighted by atomic mass is 32.2. The fraction of sp³-hybridized carbons (Fsp3) is 0.302. The third kappa shape index (κ3) is 3.95. The van der Waals surface area contributed by atoms with Crippen molar-refractivity contribution in [3.05, 3.63) is 149 Å². The van der Waals surface area contributed by atoms with E-state index >= 15 is 0 Å². The first-order valence-electron chi connectivity index (χ1n) is 17.7. The number of ether oxygens (including phenoxy) is 1. The van der Waals surface area contributed by atoms with E-state index in [2.05, 4.69) is 165 Å². The molecule has 5 heterocycles. The van der Waals surface area contributed by atoms with Crippen molar-refractivity contribution >= 4 is 46.7 Å². The second-order valence-corrected chi connectivity index (χ2v) is 16.5. The Hall–Kier alpha value is -3.93. The van der Waals surface area contributed by atoms with Crippen molar-refractivity contribution in [2.75, 3.05) is 9.80 Å². The zero-order valence-corrected chi connectivity index (χ0v) is 29.0. The minimum Gasteiger partial charge on any atom is -0.351 e. The molecule has 0 N–H and O–H groups in total. The number of aryl methyl sites for hydroxylation is 2. The number of anilines is 4. The van der Waals surface area contributed by atoms with Gasteiger partial charge in [0.2, 0.25) is 0 Å². The summed E-state index contributed by atoms with van der Waals surface area (Å²) >= 11 is 2.20. The number of para-hydroxylation sites is 2. The van der Waals surface area contributed by atoms with Gasteiger partial charge in [0.25, 0.3) is 0 Å². The van der Waals surface area contributed by atoms with Gasteiger partial charge in [-0.15, -0.1) is 11.8 Å². The lowest BCUT2D eigenvalue weighted by Gasteiger charge is -2.55. The van der Waals surface area contributed by atoms with Gasteiger partial charge in [-0.1, -0.05) is 105 Å². The van der Waals surface area contributed by atoms with Crippen molar-refractivity contribution in [3.63, 3.8) is 0 Å². The first kappa shape index (κ1) is 29.0. The van der Waals surface area contributed by atoms with E-state index in [0.717, 1.165) is 6.42 Å². The van der Waals surface area contributed by atoms with Crippen LogP contribution in [-0.4, -0.2) is 18.3 Å². The van der Waals surface area contributed by atoms with E-state index in [-0.39, 0.29) is 17.7 Å². The quantitative estimate of drug-likeness (QED) is 0.182. The molecule has 6 unspecified atom stereocenters. The third-order valence-electron chi connectivity index (χ3n) is 12.4. The molecule has 3 nitrogen and oxygen atoms in total. The van der Waals surface area contributed by atoms with E-state index < -0.39 is 0 Å². The Morgan fingerprint density at radius 2 is 1.35 bits per heavy atom. The lowest BCUT2D eigenvalue weighted by atomic mass is 9.26. The summed E-state index contributed by atoms with van der Waals surface area (Å²) in [5.41, 5.74) is 15.3. The van der Waals surface area contributed by atoms with Crippen molar-refractivity contribution in [1.29, 1.82) is 0 Å². The van der Waals surface area contributed by atoms with Crippen molar-refractivity contribution in [2.45, 2.75) is 80.5 Å². The van der Waals surface area contributed by atoms with Crippen LogP contribution in [-0.2, 0) is 10.2 Å². The molecule has 6 atom stereocenters. The molecule has 238 valence electrons. The molecule has 5 heteroatoms. The zero-order valence-electron chi connectivity index (χ0n) is 28.1. The summed E-state index contributed by atoms with van der Waals surface area (Å²) in [5.74, 6) is 0.875. The number of benzene rings is 5. The molecule has 10 rings (SSSR count). The van der Waals surface area contributed by atoms with Crippen LogP contribution in [0.5, 0.6) is 0 Å². The van der Waals surface area contributed by atoms with Crippen molar-refractivity contribution in [1.82, 2.24) is 0 Å². The fourth-order valence-corrected chi connectivity index (χ4v) is 12.1. The molecular weight excluding hydrogens is 603 g/mol. The lowest BCUT2D eigenvalue weighted by molar-refractivity contribution is 0.0470. The molecule has 48 heavy (non-hydrogen) atoms. The Bertz CT molecular complexity index is 2080. The maximum absolute atomic E-state index is 7.40. The molecule has 0 amide bonds. The number of rotatable bonds is 3. The van der Waals surface area contributed by atoms with Gasteiger partial charge < -0.3 is 14.5 Å². The highest BCUT2D eigenvalue weighted by Crippen LogP contribution is 2.65. The molecule has 5 aliphatic rings. The first-order chi connectivity index (χ1) is 23.4. The standard InChI is InChI=1S/C43H41BN2OS/c1-26-14-8-10-18-29(26)37-24-33-41(47-37)46-35-21-13-12-20-31(35)43(3,4)32-22-23-36-39(40(32)46)44(33)34-25-38(30-19-11-9-15-27(30)2)48-42(34)45(36)28-16-6-5-7-17-28/h5-23,33-34,37-38,41-42H,24-25H2,1-4H3. The molecule has 2 saturated heterocycles. The number of hydrogen-bond donors (Lipinski definition) is 0. The van der Waals surface area contributed by atoms with Crippen LogP contribution < -0.4 is 15.3 Å². The maximum atomic E-state index is 7.40. The molecule has 0 aliphatic carbocycles. The van der Waals surface area contributed by atoms with Crippen LogP contribution in [0.25, 0.3) is 0 Å². The molecule has 5 aliphatic heterocycles. The van der Waals surface area contributed by atoms with Gasteiger partial charge in [-0.25, -0.2) is 0 Å². The predicted molar refractivity (Wildman–Crippen MR) is 202 cm³/mol. The Labute approximate surface area is 289 Å². The minimum absolute atomic E-state index is 0.00945. The van der Waals surface area contributed by atoms with E-state index in [4.69, 9.17) is 4.74 Å². The molecule has 0 spiro atoms. The van der Waals surface area contributed by atoms with Crippen molar-refractivity contribution in [3.8, 4) is 0 Å². The van der Waals surface area contributed by atoms with Crippen LogP contribution in [0.1, 0.15) is 71.4 Å². The molecule has 2 fully saturated rings. The Balaban J connectivity index is 1.23. The predicted octanol–water partition coefficient (Wildman–Crippen LogP) is 10.4. The second-order valence-electron chi connectivity index (χ2n) is 15.2. The summed E-state index contributed by atoms with van der Waals surface area (Å²) in [4.78, 5) is 5.37. The monoisotopic (exact) mass is 644 g/mol. The average molecular weight is 645 g/mol. The molecule has 5 aromatic rings. The van der Waals surface area contributed by atoms with Gasteiger partial charge in [-0.05, 0) is 101 Å². The summed E-state index contributed by atoms with van der Waals surface area (Å²) in [6, 6.07) is 43.2. The van der Waals surface area contributed by atoms with Crippen LogP contribution in [0.2, 0.25) is 11.6 Å². The highest BCUT2D eigenvalue weighted by Gasteiger charge is 2.62. The Morgan fingerprint density at radius 3 is 2.12 bits per heavy atom. The Kier molecular flexibility index (Phi) is 6.37. The lowest BCUT2D eigenvalue weighted by Crippen LogP contribution is -2.62. The van der Waals surface area contributed by atoms with Crippen molar-refractivity contribution < 1.29 is 4.74 Å². The molecule has 0 bridgehead atoms. The Morgan fingerprint density at radius 1 is 0.667 bits per heavy atom. The van der Waals surface area contributed by atoms with Gasteiger partial charge >= 0.3 is 0 Å². The topological polar surface area (TPSA) is 15.7 Å². The normalized spacial score (nSPS) is 27.3. The van der Waals surface area contributed by atoms with Gasteiger partial charge in [0, 0.05) is 33.4 Å². The van der Waals surface area contributed by atoms with Gasteiger partial charge in [-0.2, -0.15) is 0 Å². The summed E-state index contributed by atoms with van der Waals surface area (Å²) in [5, 5.41) is 0.807. The van der Waals surface area contributed by atoms with E-state index in [1.165, 1.54) is 62.6 Å². The summed E-state index contributed by atoms with van der Waals surface area (Å²) in [6.07, 6.45) is 2.29. The van der Waals surface area contributed by atoms with Crippen LogP contribution in [0.4, 0.5) is 22.7 Å². The zero-order chi connectivity index (χ0) is 32.3. The summed E-state index contributed by atoms with van der Waals surface area (Å²) < 4.78 is 7.40. The molecular formula is C43H41BN2OS. The molecule has 0 saturated carbocycles. The number of thioether (sulfide) groups is 1. The first-order valence-corrected chi connectivity index (χ1v) is 18.7. The minimum atomic E-state index is -0.120.